The molecule has 0 N–H and O–H groups in total. The third-order valence-corrected chi connectivity index (χ3v) is 8.24. The van der Waals surface area contributed by atoms with Gasteiger partial charge in [0.15, 0.2) is 0 Å². The monoisotopic (exact) mass is 502 g/mol. The van der Waals surface area contributed by atoms with Gasteiger partial charge in [-0.1, -0.05) is 118 Å². The van der Waals surface area contributed by atoms with Crippen LogP contribution in [0.5, 0.6) is 0 Å². The van der Waals surface area contributed by atoms with Crippen molar-refractivity contribution in [2.45, 2.75) is 151 Å². The SMILES string of the molecule is CCCc1c(C(CC(C)CC(C)(C)C)c2cc(C)cc(C(C)(C)C)c2C2CC2)cc(C)cc1C(C)(C)C. The molecule has 206 valence electrons. The van der Waals surface area contributed by atoms with Gasteiger partial charge in [-0.15, -0.1) is 0 Å². The average Bonchev–Trinajstić information content (AvgIpc) is 3.55. The zero-order chi connectivity index (χ0) is 27.9. The molecule has 1 aliphatic rings. The van der Waals surface area contributed by atoms with Crippen molar-refractivity contribution in [3.63, 3.8) is 0 Å². The first-order chi connectivity index (χ1) is 16.9. The molecule has 2 aromatic rings. The minimum Gasteiger partial charge on any atom is -0.0651 e. The van der Waals surface area contributed by atoms with Gasteiger partial charge < -0.3 is 0 Å². The van der Waals surface area contributed by atoms with Gasteiger partial charge in [0.25, 0.3) is 0 Å². The predicted octanol–water partition coefficient (Wildman–Crippen LogP) is 11.3. The number of aryl methyl sites for hydroxylation is 2. The van der Waals surface area contributed by atoms with Crippen LogP contribution in [0.25, 0.3) is 0 Å². The van der Waals surface area contributed by atoms with Gasteiger partial charge in [0, 0.05) is 5.92 Å². The topological polar surface area (TPSA) is 0 Å². The Bertz CT molecular complexity index is 1070. The summed E-state index contributed by atoms with van der Waals surface area (Å²) in [4.78, 5) is 0. The summed E-state index contributed by atoms with van der Waals surface area (Å²) in [6.45, 7) is 31.2. The fourth-order valence-electron chi connectivity index (χ4n) is 6.87. The maximum Gasteiger partial charge on any atom is 0.00978 e. The molecule has 0 saturated heterocycles. The van der Waals surface area contributed by atoms with E-state index in [0.29, 0.717) is 17.3 Å². The zero-order valence-corrected chi connectivity index (χ0v) is 26.8. The predicted molar refractivity (Wildman–Crippen MR) is 165 cm³/mol. The first-order valence-corrected chi connectivity index (χ1v) is 15.2. The van der Waals surface area contributed by atoms with E-state index in [2.05, 4.69) is 114 Å². The number of benzene rings is 2. The van der Waals surface area contributed by atoms with E-state index >= 15 is 0 Å². The van der Waals surface area contributed by atoms with Crippen molar-refractivity contribution in [2.75, 3.05) is 0 Å². The highest BCUT2D eigenvalue weighted by Crippen LogP contribution is 2.51. The van der Waals surface area contributed by atoms with Gasteiger partial charge >= 0.3 is 0 Å². The fraction of sp³-hybridized carbons (Fsp3) is 0.676. The van der Waals surface area contributed by atoms with E-state index in [0.717, 1.165) is 5.92 Å². The van der Waals surface area contributed by atoms with Crippen LogP contribution < -0.4 is 0 Å². The third-order valence-electron chi connectivity index (χ3n) is 8.24. The van der Waals surface area contributed by atoms with Crippen molar-refractivity contribution < 1.29 is 0 Å². The molecule has 2 atom stereocenters. The summed E-state index contributed by atoms with van der Waals surface area (Å²) in [6, 6.07) is 10.2. The van der Waals surface area contributed by atoms with Crippen molar-refractivity contribution >= 4 is 0 Å². The van der Waals surface area contributed by atoms with Crippen LogP contribution in [-0.2, 0) is 17.3 Å². The second-order valence-corrected chi connectivity index (χ2v) is 15.9. The smallest absolute Gasteiger partial charge is 0.00978 e. The maximum atomic E-state index is 2.59. The molecule has 1 fully saturated rings. The van der Waals surface area contributed by atoms with E-state index in [-0.39, 0.29) is 10.8 Å². The molecule has 1 saturated carbocycles. The second-order valence-electron chi connectivity index (χ2n) is 15.9. The summed E-state index contributed by atoms with van der Waals surface area (Å²) < 4.78 is 0. The van der Waals surface area contributed by atoms with E-state index in [1.54, 1.807) is 33.4 Å². The first-order valence-electron chi connectivity index (χ1n) is 15.2. The molecule has 0 aromatic heterocycles. The summed E-state index contributed by atoms with van der Waals surface area (Å²) in [5.41, 5.74) is 13.3. The fourth-order valence-corrected chi connectivity index (χ4v) is 6.87. The summed E-state index contributed by atoms with van der Waals surface area (Å²) in [5.74, 6) is 1.87. The quantitative estimate of drug-likeness (QED) is 0.336. The van der Waals surface area contributed by atoms with Crippen LogP contribution in [0.15, 0.2) is 24.3 Å². The van der Waals surface area contributed by atoms with E-state index in [9.17, 15) is 0 Å². The van der Waals surface area contributed by atoms with Crippen molar-refractivity contribution in [1.29, 1.82) is 0 Å². The molecule has 0 bridgehead atoms. The lowest BCUT2D eigenvalue weighted by Gasteiger charge is -2.34. The number of hydrogen-bond donors (Lipinski definition) is 0. The molecule has 0 heterocycles. The Morgan fingerprint density at radius 2 is 1.27 bits per heavy atom. The van der Waals surface area contributed by atoms with Gasteiger partial charge in [-0.2, -0.15) is 0 Å². The molecule has 0 aliphatic heterocycles. The lowest BCUT2D eigenvalue weighted by atomic mass is 9.70. The normalized spacial score (nSPS) is 16.7. The molecular formula is C37H58. The van der Waals surface area contributed by atoms with E-state index in [4.69, 9.17) is 0 Å². The Labute approximate surface area is 231 Å². The average molecular weight is 503 g/mol. The third kappa shape index (κ3) is 7.52. The minimum atomic E-state index is 0.148. The van der Waals surface area contributed by atoms with Gasteiger partial charge in [-0.25, -0.2) is 0 Å². The van der Waals surface area contributed by atoms with Gasteiger partial charge in [0.1, 0.15) is 0 Å². The lowest BCUT2D eigenvalue weighted by Crippen LogP contribution is -2.22. The van der Waals surface area contributed by atoms with Crippen LogP contribution in [0.3, 0.4) is 0 Å². The maximum absolute atomic E-state index is 2.59. The van der Waals surface area contributed by atoms with Crippen LogP contribution >= 0.6 is 0 Å². The van der Waals surface area contributed by atoms with Crippen molar-refractivity contribution in [2.24, 2.45) is 11.3 Å². The first kappa shape index (κ1) is 30.0. The van der Waals surface area contributed by atoms with Crippen molar-refractivity contribution in [1.82, 2.24) is 0 Å². The second kappa shape index (κ2) is 10.9. The van der Waals surface area contributed by atoms with Crippen LogP contribution in [0.1, 0.15) is 165 Å². The molecule has 37 heavy (non-hydrogen) atoms. The molecule has 0 radical (unpaired) electrons. The number of hydrogen-bond acceptors (Lipinski definition) is 0. The largest absolute Gasteiger partial charge is 0.0651 e. The van der Waals surface area contributed by atoms with E-state index in [1.165, 1.54) is 49.7 Å². The van der Waals surface area contributed by atoms with E-state index < -0.39 is 0 Å². The van der Waals surface area contributed by atoms with Crippen LogP contribution in [0.2, 0.25) is 0 Å². The Balaban J connectivity index is 2.36. The molecule has 2 aromatic carbocycles. The molecule has 0 heteroatoms. The van der Waals surface area contributed by atoms with Gasteiger partial charge in [0.05, 0.1) is 0 Å². The van der Waals surface area contributed by atoms with Crippen LogP contribution in [0.4, 0.5) is 0 Å². The molecule has 3 rings (SSSR count). The lowest BCUT2D eigenvalue weighted by molar-refractivity contribution is 0.290. The van der Waals surface area contributed by atoms with Crippen molar-refractivity contribution in [3.05, 3.63) is 68.8 Å². The van der Waals surface area contributed by atoms with Gasteiger partial charge in [-0.3, -0.25) is 0 Å². The van der Waals surface area contributed by atoms with Crippen LogP contribution in [0, 0.1) is 25.2 Å². The molecule has 2 unspecified atom stereocenters. The van der Waals surface area contributed by atoms with Gasteiger partial charge in [0.2, 0.25) is 0 Å². The molecule has 0 amide bonds. The highest BCUT2D eigenvalue weighted by atomic mass is 14.4. The summed E-state index contributed by atoms with van der Waals surface area (Å²) >= 11 is 0. The Morgan fingerprint density at radius 3 is 1.73 bits per heavy atom. The Morgan fingerprint density at radius 1 is 0.757 bits per heavy atom. The standard InChI is InChI=1S/C37H58/c1-14-15-28-29(18-24(2)21-32(28)36(8,9)10)30(20-26(4)23-35(5,6)7)31-19-25(3)22-33(37(11,12)13)34(31)27-16-17-27/h18-19,21-22,26-27,30H,14-17,20,23H2,1-13H3. The highest BCUT2D eigenvalue weighted by Gasteiger charge is 2.36. The molecule has 1 aliphatic carbocycles. The van der Waals surface area contributed by atoms with Gasteiger partial charge in [-0.05, 0) is 107 Å². The molecule has 0 nitrogen and oxygen atoms in total. The molecule has 0 spiro atoms. The minimum absolute atomic E-state index is 0.148. The van der Waals surface area contributed by atoms with E-state index in [1.807, 2.05) is 0 Å². The van der Waals surface area contributed by atoms with Crippen LogP contribution in [-0.4, -0.2) is 0 Å². The Hall–Kier alpha value is -1.56. The zero-order valence-electron chi connectivity index (χ0n) is 26.8. The highest BCUT2D eigenvalue weighted by molar-refractivity contribution is 5.54. The summed E-state index contributed by atoms with van der Waals surface area (Å²) in [6.07, 6.45) is 7.57. The Kier molecular flexibility index (Phi) is 8.83. The number of rotatable bonds is 8. The summed E-state index contributed by atoms with van der Waals surface area (Å²) in [7, 11) is 0. The summed E-state index contributed by atoms with van der Waals surface area (Å²) in [5, 5.41) is 0. The molecular weight excluding hydrogens is 444 g/mol. The van der Waals surface area contributed by atoms with Crippen molar-refractivity contribution in [3.8, 4) is 0 Å².